The molecular formula is C18H26N4OS. The van der Waals surface area contributed by atoms with Crippen LogP contribution in [0.5, 0.6) is 5.88 Å². The van der Waals surface area contributed by atoms with Crippen LogP contribution in [0.2, 0.25) is 0 Å². The fraction of sp³-hybridized carbons (Fsp3) is 0.444. The van der Waals surface area contributed by atoms with Gasteiger partial charge in [-0.3, -0.25) is 0 Å². The summed E-state index contributed by atoms with van der Waals surface area (Å²) in [6, 6.07) is 8.11. The van der Waals surface area contributed by atoms with E-state index in [0.29, 0.717) is 12.4 Å². The molecule has 5 nitrogen and oxygen atoms in total. The number of rotatable bonds is 7. The van der Waals surface area contributed by atoms with Crippen LogP contribution in [0, 0.1) is 0 Å². The van der Waals surface area contributed by atoms with Crippen LogP contribution in [0.15, 0.2) is 40.8 Å². The predicted molar refractivity (Wildman–Crippen MR) is 101 cm³/mol. The van der Waals surface area contributed by atoms with Crippen molar-refractivity contribution in [2.75, 3.05) is 20.2 Å². The van der Waals surface area contributed by atoms with Crippen LogP contribution in [0.1, 0.15) is 31.2 Å². The summed E-state index contributed by atoms with van der Waals surface area (Å²) in [6.45, 7) is 8.76. The van der Waals surface area contributed by atoms with Gasteiger partial charge in [0.1, 0.15) is 0 Å². The lowest BCUT2D eigenvalue weighted by molar-refractivity contribution is 0.397. The summed E-state index contributed by atoms with van der Waals surface area (Å²) in [6.07, 6.45) is 1.79. The van der Waals surface area contributed by atoms with E-state index in [1.165, 1.54) is 4.88 Å². The molecule has 6 heteroatoms. The molecule has 0 aliphatic heterocycles. The molecule has 0 saturated carbocycles. The Hall–Kier alpha value is -2.08. The van der Waals surface area contributed by atoms with E-state index >= 15 is 0 Å². The minimum Gasteiger partial charge on any atom is -0.481 e. The second kappa shape index (κ2) is 8.68. The molecule has 0 fully saturated rings. The van der Waals surface area contributed by atoms with Gasteiger partial charge in [-0.05, 0) is 23.9 Å². The molecular weight excluding hydrogens is 320 g/mol. The summed E-state index contributed by atoms with van der Waals surface area (Å²) in [4.78, 5) is 10.2. The van der Waals surface area contributed by atoms with Gasteiger partial charge in [0.2, 0.25) is 5.88 Å². The molecule has 0 aliphatic carbocycles. The Kier molecular flexibility index (Phi) is 6.61. The smallest absolute Gasteiger partial charge is 0.212 e. The van der Waals surface area contributed by atoms with Crippen LogP contribution in [0.25, 0.3) is 0 Å². The zero-order valence-corrected chi connectivity index (χ0v) is 15.6. The van der Waals surface area contributed by atoms with Crippen LogP contribution in [-0.4, -0.2) is 31.1 Å². The molecule has 24 heavy (non-hydrogen) atoms. The Morgan fingerprint density at radius 3 is 2.71 bits per heavy atom. The van der Waals surface area contributed by atoms with Crippen LogP contribution >= 0.6 is 11.3 Å². The van der Waals surface area contributed by atoms with Gasteiger partial charge in [-0.2, -0.15) is 0 Å². The van der Waals surface area contributed by atoms with Gasteiger partial charge in [0, 0.05) is 35.6 Å². The third-order valence-electron chi connectivity index (χ3n) is 3.66. The number of hydrogen-bond donors (Lipinski definition) is 2. The molecule has 0 unspecified atom stereocenters. The van der Waals surface area contributed by atoms with Crippen LogP contribution in [0.4, 0.5) is 0 Å². The number of guanidine groups is 1. The lowest BCUT2D eigenvalue weighted by Crippen LogP contribution is -2.43. The third kappa shape index (κ3) is 5.23. The summed E-state index contributed by atoms with van der Waals surface area (Å²) in [7, 11) is 1.61. The Labute approximate surface area is 148 Å². The minimum atomic E-state index is 0.0615. The first-order chi connectivity index (χ1) is 11.5. The van der Waals surface area contributed by atoms with E-state index in [9.17, 15) is 0 Å². The maximum absolute atomic E-state index is 5.07. The first-order valence-corrected chi connectivity index (χ1v) is 8.98. The van der Waals surface area contributed by atoms with Gasteiger partial charge in [-0.25, -0.2) is 9.98 Å². The molecule has 0 radical (unpaired) electrons. The zero-order chi connectivity index (χ0) is 17.4. The molecule has 0 saturated heterocycles. The second-order valence-electron chi connectivity index (χ2n) is 6.12. The lowest BCUT2D eigenvalue weighted by Gasteiger charge is -2.25. The van der Waals surface area contributed by atoms with Gasteiger partial charge in [0.15, 0.2) is 5.96 Å². The fourth-order valence-electron chi connectivity index (χ4n) is 2.19. The molecule has 2 rings (SSSR count). The van der Waals surface area contributed by atoms with E-state index in [0.717, 1.165) is 24.6 Å². The minimum absolute atomic E-state index is 0.0615. The molecule has 0 spiro atoms. The van der Waals surface area contributed by atoms with E-state index < -0.39 is 0 Å². The Bertz CT molecular complexity index is 636. The SMILES string of the molecule is CCNC(=NCc1ccc(OC)nc1)NCC(C)(C)c1cccs1. The maximum atomic E-state index is 5.07. The topological polar surface area (TPSA) is 58.5 Å². The van der Waals surface area contributed by atoms with Crippen molar-refractivity contribution in [1.82, 2.24) is 15.6 Å². The van der Waals surface area contributed by atoms with Crippen LogP contribution < -0.4 is 15.4 Å². The van der Waals surface area contributed by atoms with Crippen molar-refractivity contribution in [1.29, 1.82) is 0 Å². The molecule has 0 bridgehead atoms. The molecule has 2 N–H and O–H groups in total. The van der Waals surface area contributed by atoms with E-state index in [1.807, 2.05) is 12.1 Å². The average molecular weight is 347 g/mol. The number of methoxy groups -OCH3 is 1. The summed E-state index contributed by atoms with van der Waals surface area (Å²) in [5.74, 6) is 1.43. The summed E-state index contributed by atoms with van der Waals surface area (Å²) in [5.41, 5.74) is 1.11. The van der Waals surface area contributed by atoms with Gasteiger partial charge in [-0.15, -0.1) is 11.3 Å². The van der Waals surface area contributed by atoms with Crippen molar-refractivity contribution < 1.29 is 4.74 Å². The second-order valence-corrected chi connectivity index (χ2v) is 7.07. The quantitative estimate of drug-likeness (QED) is 0.597. The predicted octanol–water partition coefficient (Wildman–Crippen LogP) is 3.18. The van der Waals surface area contributed by atoms with E-state index in [2.05, 4.69) is 58.9 Å². The highest BCUT2D eigenvalue weighted by Crippen LogP contribution is 2.26. The maximum Gasteiger partial charge on any atom is 0.212 e. The molecule has 0 amide bonds. The van der Waals surface area contributed by atoms with Gasteiger partial charge >= 0.3 is 0 Å². The summed E-state index contributed by atoms with van der Waals surface area (Å²) >= 11 is 1.79. The molecule has 130 valence electrons. The van der Waals surface area contributed by atoms with E-state index in [1.54, 1.807) is 24.6 Å². The van der Waals surface area contributed by atoms with Gasteiger partial charge in [0.05, 0.1) is 13.7 Å². The Balaban J connectivity index is 1.97. The normalized spacial score (nSPS) is 12.1. The standard InChI is InChI=1S/C18H26N4OS/c1-5-19-17(21-12-14-8-9-16(23-4)20-11-14)22-13-18(2,3)15-7-6-10-24-15/h6-11H,5,12-13H2,1-4H3,(H2,19,21,22). The van der Waals surface area contributed by atoms with Crippen LogP contribution in [0.3, 0.4) is 0 Å². The number of thiophene rings is 1. The molecule has 0 aliphatic rings. The number of aliphatic imine (C=N–C) groups is 1. The summed E-state index contributed by atoms with van der Waals surface area (Å²) < 4.78 is 5.07. The van der Waals surface area contributed by atoms with Crippen molar-refractivity contribution >= 4 is 17.3 Å². The zero-order valence-electron chi connectivity index (χ0n) is 14.8. The van der Waals surface area contributed by atoms with Crippen molar-refractivity contribution in [3.05, 3.63) is 46.3 Å². The monoisotopic (exact) mass is 346 g/mol. The van der Waals surface area contributed by atoms with Gasteiger partial charge in [0.25, 0.3) is 0 Å². The number of hydrogen-bond acceptors (Lipinski definition) is 4. The number of nitrogens with zero attached hydrogens (tertiary/aromatic N) is 2. The molecule has 0 aromatic carbocycles. The van der Waals surface area contributed by atoms with Crippen molar-refractivity contribution in [3.8, 4) is 5.88 Å². The number of pyridine rings is 1. The highest BCUT2D eigenvalue weighted by atomic mass is 32.1. The van der Waals surface area contributed by atoms with E-state index in [4.69, 9.17) is 4.74 Å². The largest absolute Gasteiger partial charge is 0.481 e. The van der Waals surface area contributed by atoms with Crippen molar-refractivity contribution in [2.45, 2.75) is 32.7 Å². The fourth-order valence-corrected chi connectivity index (χ4v) is 3.04. The van der Waals surface area contributed by atoms with Crippen LogP contribution in [-0.2, 0) is 12.0 Å². The first kappa shape index (κ1) is 18.3. The Morgan fingerprint density at radius 1 is 1.29 bits per heavy atom. The Morgan fingerprint density at radius 2 is 2.12 bits per heavy atom. The highest BCUT2D eigenvalue weighted by Gasteiger charge is 2.21. The van der Waals surface area contributed by atoms with Crippen molar-refractivity contribution in [2.24, 2.45) is 4.99 Å². The molecule has 2 aromatic rings. The summed E-state index contributed by atoms with van der Waals surface area (Å²) in [5, 5.41) is 8.85. The number of ether oxygens (including phenoxy) is 1. The van der Waals surface area contributed by atoms with Crippen molar-refractivity contribution in [3.63, 3.8) is 0 Å². The van der Waals surface area contributed by atoms with Gasteiger partial charge < -0.3 is 15.4 Å². The first-order valence-electron chi connectivity index (χ1n) is 8.10. The molecule has 2 aromatic heterocycles. The van der Waals surface area contributed by atoms with E-state index in [-0.39, 0.29) is 5.41 Å². The third-order valence-corrected chi connectivity index (χ3v) is 4.89. The number of aromatic nitrogens is 1. The average Bonchev–Trinajstić information content (AvgIpc) is 3.13. The highest BCUT2D eigenvalue weighted by molar-refractivity contribution is 7.10. The van der Waals surface area contributed by atoms with Gasteiger partial charge in [-0.1, -0.05) is 26.0 Å². The number of nitrogens with one attached hydrogen (secondary N) is 2. The lowest BCUT2D eigenvalue weighted by atomic mass is 9.91. The molecule has 2 heterocycles. The molecule has 0 atom stereocenters.